The maximum absolute atomic E-state index is 11.4. The lowest BCUT2D eigenvalue weighted by Crippen LogP contribution is -2.29. The number of ether oxygens (including phenoxy) is 1. The number of carbonyl (C=O) groups is 1. The molecule has 4 heteroatoms. The molecule has 0 saturated carbocycles. The number of nitrogens with one attached hydrogen (secondary N) is 1. The molecule has 102 valence electrons. The van der Waals surface area contributed by atoms with Crippen molar-refractivity contribution in [1.29, 1.82) is 0 Å². The van der Waals surface area contributed by atoms with Crippen LogP contribution in [0.2, 0.25) is 5.02 Å². The number of carbonyl (C=O) groups excluding carboxylic acids is 1. The Morgan fingerprint density at radius 3 is 2.79 bits per heavy atom. The molecule has 1 N–H and O–H groups in total. The van der Waals surface area contributed by atoms with Gasteiger partial charge in [0.25, 0.3) is 5.91 Å². The number of rotatable bonds is 5. The molecular weight excluding hydrogens is 262 g/mol. The van der Waals surface area contributed by atoms with Crippen molar-refractivity contribution < 1.29 is 9.53 Å². The Kier molecular flexibility index (Phi) is 5.72. The van der Waals surface area contributed by atoms with Crippen LogP contribution in [0.3, 0.4) is 0 Å². The maximum atomic E-state index is 11.4. The first kappa shape index (κ1) is 15.4. The highest BCUT2D eigenvalue weighted by molar-refractivity contribution is 6.31. The zero-order valence-electron chi connectivity index (χ0n) is 11.4. The van der Waals surface area contributed by atoms with E-state index in [1.165, 1.54) is 0 Å². The monoisotopic (exact) mass is 279 g/mol. The summed E-state index contributed by atoms with van der Waals surface area (Å²) in [6.45, 7) is 6.16. The lowest BCUT2D eigenvalue weighted by Gasteiger charge is -2.14. The minimum absolute atomic E-state index is 0.0539. The fourth-order valence-electron chi connectivity index (χ4n) is 1.61. The van der Waals surface area contributed by atoms with Crippen molar-refractivity contribution in [2.24, 2.45) is 0 Å². The Balaban J connectivity index is 2.76. The average molecular weight is 280 g/mol. The van der Waals surface area contributed by atoms with Gasteiger partial charge in [-0.25, -0.2) is 0 Å². The Hall–Kier alpha value is -1.66. The van der Waals surface area contributed by atoms with E-state index >= 15 is 0 Å². The van der Waals surface area contributed by atoms with Crippen LogP contribution in [-0.4, -0.2) is 19.1 Å². The second-order valence-corrected chi connectivity index (χ2v) is 4.97. The van der Waals surface area contributed by atoms with Crippen LogP contribution in [-0.2, 0) is 4.79 Å². The minimum atomic E-state index is -0.238. The molecule has 0 aliphatic heterocycles. The Labute approximate surface area is 119 Å². The topological polar surface area (TPSA) is 38.3 Å². The first-order valence-electron chi connectivity index (χ1n) is 6.08. The van der Waals surface area contributed by atoms with Crippen LogP contribution >= 0.6 is 11.6 Å². The quantitative estimate of drug-likeness (QED) is 0.842. The van der Waals surface area contributed by atoms with Gasteiger partial charge in [-0.15, -0.1) is 6.42 Å². The second-order valence-electron chi connectivity index (χ2n) is 4.56. The molecular formula is C15H18ClNO2. The summed E-state index contributed by atoms with van der Waals surface area (Å²) in [6.07, 6.45) is 5.06. The van der Waals surface area contributed by atoms with Crippen LogP contribution in [0.4, 0.5) is 0 Å². The molecule has 0 bridgehead atoms. The van der Waals surface area contributed by atoms with Gasteiger partial charge in [-0.3, -0.25) is 4.79 Å². The van der Waals surface area contributed by atoms with E-state index in [0.717, 1.165) is 16.1 Å². The van der Waals surface area contributed by atoms with Gasteiger partial charge in [0.05, 0.1) is 6.54 Å². The van der Waals surface area contributed by atoms with Crippen molar-refractivity contribution in [3.05, 3.63) is 28.3 Å². The highest BCUT2D eigenvalue weighted by Crippen LogP contribution is 2.31. The number of aryl methyl sites for hydroxylation is 1. The van der Waals surface area contributed by atoms with Crippen LogP contribution in [0.1, 0.15) is 30.9 Å². The summed E-state index contributed by atoms with van der Waals surface area (Å²) in [5, 5.41) is 3.26. The van der Waals surface area contributed by atoms with Crippen molar-refractivity contribution in [1.82, 2.24) is 5.32 Å². The molecule has 1 amide bonds. The van der Waals surface area contributed by atoms with E-state index < -0.39 is 0 Å². The first-order valence-corrected chi connectivity index (χ1v) is 6.46. The molecule has 0 fully saturated rings. The van der Waals surface area contributed by atoms with Gasteiger partial charge in [-0.2, -0.15) is 0 Å². The van der Waals surface area contributed by atoms with Gasteiger partial charge >= 0.3 is 0 Å². The number of hydrogen-bond acceptors (Lipinski definition) is 2. The van der Waals surface area contributed by atoms with Crippen LogP contribution in [0.5, 0.6) is 5.75 Å². The van der Waals surface area contributed by atoms with E-state index in [0.29, 0.717) is 11.7 Å². The summed E-state index contributed by atoms with van der Waals surface area (Å²) in [5.74, 6) is 3.06. The third-order valence-electron chi connectivity index (χ3n) is 2.66. The zero-order chi connectivity index (χ0) is 14.4. The fourth-order valence-corrected chi connectivity index (χ4v) is 2.05. The highest BCUT2D eigenvalue weighted by atomic mass is 35.5. The third-order valence-corrected chi connectivity index (χ3v) is 2.99. The van der Waals surface area contributed by atoms with Crippen LogP contribution < -0.4 is 10.1 Å². The van der Waals surface area contributed by atoms with Crippen molar-refractivity contribution >= 4 is 17.5 Å². The van der Waals surface area contributed by atoms with E-state index in [2.05, 4.69) is 25.1 Å². The Bertz CT molecular complexity index is 504. The summed E-state index contributed by atoms with van der Waals surface area (Å²) in [5.41, 5.74) is 1.91. The molecule has 0 spiro atoms. The molecule has 3 nitrogen and oxygen atoms in total. The molecule has 0 aliphatic carbocycles. The van der Waals surface area contributed by atoms with Gasteiger partial charge in [-0.1, -0.05) is 31.4 Å². The summed E-state index contributed by atoms with van der Waals surface area (Å²) in [6, 6.07) is 3.74. The molecule has 0 atom stereocenters. The standard InChI is InChI=1S/C15H18ClNO2/c1-5-6-17-15(18)9-19-14-8-12(10(2)3)13(16)7-11(14)4/h1,7-8,10H,6,9H2,2-4H3,(H,17,18). The molecule has 0 aromatic heterocycles. The van der Waals surface area contributed by atoms with Gasteiger partial charge in [0.1, 0.15) is 5.75 Å². The SMILES string of the molecule is C#CCNC(=O)COc1cc(C(C)C)c(Cl)cc1C. The van der Waals surface area contributed by atoms with Crippen molar-refractivity contribution in [2.75, 3.05) is 13.2 Å². The fraction of sp³-hybridized carbons (Fsp3) is 0.400. The molecule has 1 rings (SSSR count). The van der Waals surface area contributed by atoms with Crippen LogP contribution in [0, 0.1) is 19.3 Å². The largest absolute Gasteiger partial charge is 0.483 e. The second kappa shape index (κ2) is 7.06. The molecule has 0 aliphatic rings. The molecule has 1 aromatic carbocycles. The molecule has 0 unspecified atom stereocenters. The summed E-state index contributed by atoms with van der Waals surface area (Å²) < 4.78 is 5.50. The predicted octanol–water partition coefficient (Wildman–Crippen LogP) is 2.90. The number of terminal acetylenes is 1. The predicted molar refractivity (Wildman–Crippen MR) is 77.6 cm³/mol. The van der Waals surface area contributed by atoms with Crippen molar-refractivity contribution in [3.8, 4) is 18.1 Å². The number of benzene rings is 1. The minimum Gasteiger partial charge on any atom is -0.483 e. The van der Waals surface area contributed by atoms with E-state index in [1.54, 1.807) is 0 Å². The zero-order valence-corrected chi connectivity index (χ0v) is 12.2. The maximum Gasteiger partial charge on any atom is 0.258 e. The van der Waals surface area contributed by atoms with Crippen LogP contribution in [0.25, 0.3) is 0 Å². The van der Waals surface area contributed by atoms with Gasteiger partial charge < -0.3 is 10.1 Å². The lowest BCUT2D eigenvalue weighted by atomic mass is 10.0. The number of hydrogen-bond donors (Lipinski definition) is 1. The van der Waals surface area contributed by atoms with Crippen LogP contribution in [0.15, 0.2) is 12.1 Å². The normalized spacial score (nSPS) is 10.1. The van der Waals surface area contributed by atoms with Gasteiger partial charge in [0.2, 0.25) is 0 Å². The van der Waals surface area contributed by atoms with E-state index in [-0.39, 0.29) is 19.1 Å². The van der Waals surface area contributed by atoms with E-state index in [9.17, 15) is 4.79 Å². The molecule has 1 aromatic rings. The number of halogens is 1. The van der Waals surface area contributed by atoms with E-state index in [4.69, 9.17) is 22.8 Å². The van der Waals surface area contributed by atoms with E-state index in [1.807, 2.05) is 19.1 Å². The van der Waals surface area contributed by atoms with Gasteiger partial charge in [0.15, 0.2) is 6.61 Å². The lowest BCUT2D eigenvalue weighted by molar-refractivity contribution is -0.122. The van der Waals surface area contributed by atoms with Crippen molar-refractivity contribution in [3.63, 3.8) is 0 Å². The highest BCUT2D eigenvalue weighted by Gasteiger charge is 2.11. The molecule has 19 heavy (non-hydrogen) atoms. The Morgan fingerprint density at radius 2 is 2.21 bits per heavy atom. The summed E-state index contributed by atoms with van der Waals surface area (Å²) in [7, 11) is 0. The smallest absolute Gasteiger partial charge is 0.258 e. The van der Waals surface area contributed by atoms with Crippen molar-refractivity contribution in [2.45, 2.75) is 26.7 Å². The summed E-state index contributed by atoms with van der Waals surface area (Å²) >= 11 is 6.17. The number of amides is 1. The third kappa shape index (κ3) is 4.50. The van der Waals surface area contributed by atoms with Gasteiger partial charge in [-0.05, 0) is 36.1 Å². The molecule has 0 heterocycles. The average Bonchev–Trinajstić information content (AvgIpc) is 2.34. The summed E-state index contributed by atoms with van der Waals surface area (Å²) in [4.78, 5) is 11.4. The Morgan fingerprint density at radius 1 is 1.53 bits per heavy atom. The first-order chi connectivity index (χ1) is 8.95. The molecule has 0 radical (unpaired) electrons. The molecule has 0 saturated heterocycles. The van der Waals surface area contributed by atoms with Gasteiger partial charge in [0, 0.05) is 5.02 Å².